The van der Waals surface area contributed by atoms with Gasteiger partial charge in [0.1, 0.15) is 5.75 Å². The normalized spacial score (nSPS) is 9.88. The van der Waals surface area contributed by atoms with Crippen molar-refractivity contribution in [1.82, 2.24) is 0 Å². The van der Waals surface area contributed by atoms with Crippen LogP contribution in [0.25, 0.3) is 0 Å². The molecule has 2 aromatic rings. The van der Waals surface area contributed by atoms with E-state index in [4.69, 9.17) is 5.73 Å². The summed E-state index contributed by atoms with van der Waals surface area (Å²) in [5, 5.41) is 12.6. The minimum absolute atomic E-state index is 0.173. The first-order chi connectivity index (χ1) is 8.16. The summed E-state index contributed by atoms with van der Waals surface area (Å²) in [6.07, 6.45) is 0. The van der Waals surface area contributed by atoms with E-state index >= 15 is 0 Å². The van der Waals surface area contributed by atoms with E-state index in [2.05, 4.69) is 5.32 Å². The Hall–Kier alpha value is -2.49. The largest absolute Gasteiger partial charge is 0.506 e. The summed E-state index contributed by atoms with van der Waals surface area (Å²) in [6, 6.07) is 13.6. The highest BCUT2D eigenvalue weighted by Gasteiger charge is 2.02. The van der Waals surface area contributed by atoms with E-state index in [0.29, 0.717) is 11.3 Å². The van der Waals surface area contributed by atoms with Gasteiger partial charge in [0.05, 0.1) is 5.69 Å². The van der Waals surface area contributed by atoms with E-state index in [0.717, 1.165) is 5.69 Å². The molecule has 0 unspecified atom stereocenters. The number of nitrogens with one attached hydrogen (secondary N) is 1. The molecule has 4 N–H and O–H groups in total. The average molecular weight is 228 g/mol. The van der Waals surface area contributed by atoms with Gasteiger partial charge < -0.3 is 16.2 Å². The van der Waals surface area contributed by atoms with Crippen LogP contribution in [0.1, 0.15) is 10.4 Å². The fraction of sp³-hybridized carbons (Fsp3) is 0. The van der Waals surface area contributed by atoms with Crippen molar-refractivity contribution in [3.05, 3.63) is 54.1 Å². The number of carbonyl (C=O) groups excluding carboxylic acids is 1. The standard InChI is InChI=1S/C13H12N2O2/c14-13(17)9-5-7-10(8-6-9)15-11-3-1-2-4-12(11)16/h1-8,15-16H,(H2,14,17). The topological polar surface area (TPSA) is 75.4 Å². The SMILES string of the molecule is NC(=O)c1ccc(Nc2ccccc2O)cc1. The van der Waals surface area contributed by atoms with Crippen molar-refractivity contribution < 1.29 is 9.90 Å². The lowest BCUT2D eigenvalue weighted by atomic mass is 10.2. The van der Waals surface area contributed by atoms with E-state index in [1.807, 2.05) is 6.07 Å². The van der Waals surface area contributed by atoms with Crippen LogP contribution >= 0.6 is 0 Å². The summed E-state index contributed by atoms with van der Waals surface area (Å²) >= 11 is 0. The van der Waals surface area contributed by atoms with Crippen LogP contribution in [0.4, 0.5) is 11.4 Å². The Kier molecular flexibility index (Phi) is 2.96. The minimum atomic E-state index is -0.459. The second-order valence-corrected chi connectivity index (χ2v) is 3.58. The smallest absolute Gasteiger partial charge is 0.248 e. The van der Waals surface area contributed by atoms with Crippen LogP contribution in [0.15, 0.2) is 48.5 Å². The molecule has 0 atom stereocenters. The summed E-state index contributed by atoms with van der Waals surface area (Å²) in [6.45, 7) is 0. The number of benzene rings is 2. The van der Waals surface area contributed by atoms with Crippen LogP contribution in [0.3, 0.4) is 0 Å². The maximum atomic E-state index is 10.9. The van der Waals surface area contributed by atoms with E-state index in [1.54, 1.807) is 42.5 Å². The molecular weight excluding hydrogens is 216 g/mol. The van der Waals surface area contributed by atoms with Crippen LogP contribution in [-0.4, -0.2) is 11.0 Å². The molecule has 0 bridgehead atoms. The lowest BCUT2D eigenvalue weighted by Crippen LogP contribution is -2.10. The average Bonchev–Trinajstić information content (AvgIpc) is 2.33. The molecular formula is C13H12N2O2. The Labute approximate surface area is 98.7 Å². The van der Waals surface area contributed by atoms with Gasteiger partial charge in [0.15, 0.2) is 0 Å². The quantitative estimate of drug-likeness (QED) is 0.705. The molecule has 1 amide bonds. The van der Waals surface area contributed by atoms with Crippen LogP contribution in [0.5, 0.6) is 5.75 Å². The van der Waals surface area contributed by atoms with Crippen LogP contribution in [-0.2, 0) is 0 Å². The van der Waals surface area contributed by atoms with E-state index in [9.17, 15) is 9.90 Å². The van der Waals surface area contributed by atoms with Gasteiger partial charge in [-0.3, -0.25) is 4.79 Å². The Balaban J connectivity index is 2.20. The molecule has 0 saturated carbocycles. The molecule has 0 spiro atoms. The molecule has 2 aromatic carbocycles. The number of para-hydroxylation sites is 2. The number of aromatic hydroxyl groups is 1. The van der Waals surface area contributed by atoms with Crippen molar-refractivity contribution in [2.45, 2.75) is 0 Å². The van der Waals surface area contributed by atoms with Gasteiger partial charge in [0, 0.05) is 11.3 Å². The number of amides is 1. The number of hydrogen-bond donors (Lipinski definition) is 3. The van der Waals surface area contributed by atoms with Gasteiger partial charge >= 0.3 is 0 Å². The highest BCUT2D eigenvalue weighted by molar-refractivity contribution is 5.93. The number of carbonyl (C=O) groups is 1. The van der Waals surface area contributed by atoms with Gasteiger partial charge in [0.2, 0.25) is 5.91 Å². The Morgan fingerprint density at radius 2 is 1.71 bits per heavy atom. The first-order valence-corrected chi connectivity index (χ1v) is 5.12. The molecule has 4 heteroatoms. The summed E-state index contributed by atoms with van der Waals surface area (Å²) in [5.41, 5.74) is 6.98. The molecule has 86 valence electrons. The number of hydrogen-bond acceptors (Lipinski definition) is 3. The maximum absolute atomic E-state index is 10.9. The van der Waals surface area contributed by atoms with Crippen LogP contribution in [0, 0.1) is 0 Å². The number of phenolic OH excluding ortho intramolecular Hbond substituents is 1. The summed E-state index contributed by atoms with van der Waals surface area (Å²) in [4.78, 5) is 10.9. The molecule has 0 aromatic heterocycles. The molecule has 2 rings (SSSR count). The molecule has 0 aliphatic heterocycles. The summed E-state index contributed by atoms with van der Waals surface area (Å²) in [5.74, 6) is -0.286. The lowest BCUT2D eigenvalue weighted by molar-refractivity contribution is 0.100. The predicted octanol–water partition coefficient (Wildman–Crippen LogP) is 2.23. The zero-order valence-electron chi connectivity index (χ0n) is 9.05. The monoisotopic (exact) mass is 228 g/mol. The highest BCUT2D eigenvalue weighted by Crippen LogP contribution is 2.25. The van der Waals surface area contributed by atoms with Crippen LogP contribution in [0.2, 0.25) is 0 Å². The van der Waals surface area contributed by atoms with Gasteiger partial charge in [0.25, 0.3) is 0 Å². The van der Waals surface area contributed by atoms with Crippen molar-refractivity contribution in [2.24, 2.45) is 5.73 Å². The zero-order chi connectivity index (χ0) is 12.3. The van der Waals surface area contributed by atoms with E-state index in [-0.39, 0.29) is 5.75 Å². The third-order valence-electron chi connectivity index (χ3n) is 2.35. The fourth-order valence-corrected chi connectivity index (χ4v) is 1.45. The zero-order valence-corrected chi connectivity index (χ0v) is 9.05. The highest BCUT2D eigenvalue weighted by atomic mass is 16.3. The molecule has 17 heavy (non-hydrogen) atoms. The first kappa shape index (κ1) is 11.0. The molecule has 0 aliphatic rings. The summed E-state index contributed by atoms with van der Waals surface area (Å²) in [7, 11) is 0. The van der Waals surface area contributed by atoms with Gasteiger partial charge in [-0.05, 0) is 36.4 Å². The second-order valence-electron chi connectivity index (χ2n) is 3.58. The minimum Gasteiger partial charge on any atom is -0.506 e. The molecule has 0 saturated heterocycles. The fourth-order valence-electron chi connectivity index (χ4n) is 1.45. The Bertz CT molecular complexity index is 535. The van der Waals surface area contributed by atoms with Gasteiger partial charge in [-0.25, -0.2) is 0 Å². The van der Waals surface area contributed by atoms with Crippen molar-refractivity contribution in [3.63, 3.8) is 0 Å². The molecule has 0 heterocycles. The number of nitrogens with two attached hydrogens (primary N) is 1. The van der Waals surface area contributed by atoms with E-state index < -0.39 is 5.91 Å². The van der Waals surface area contributed by atoms with Crippen molar-refractivity contribution in [1.29, 1.82) is 0 Å². The maximum Gasteiger partial charge on any atom is 0.248 e. The number of phenols is 1. The lowest BCUT2D eigenvalue weighted by Gasteiger charge is -2.08. The van der Waals surface area contributed by atoms with Gasteiger partial charge in [-0.1, -0.05) is 12.1 Å². The first-order valence-electron chi connectivity index (χ1n) is 5.12. The molecule has 4 nitrogen and oxygen atoms in total. The Morgan fingerprint density at radius 1 is 1.06 bits per heavy atom. The van der Waals surface area contributed by atoms with E-state index in [1.165, 1.54) is 0 Å². The second kappa shape index (κ2) is 4.57. The Morgan fingerprint density at radius 3 is 2.29 bits per heavy atom. The molecule has 0 fully saturated rings. The van der Waals surface area contributed by atoms with Crippen molar-refractivity contribution >= 4 is 17.3 Å². The van der Waals surface area contributed by atoms with Gasteiger partial charge in [-0.15, -0.1) is 0 Å². The van der Waals surface area contributed by atoms with Crippen molar-refractivity contribution in [3.8, 4) is 5.75 Å². The van der Waals surface area contributed by atoms with Crippen molar-refractivity contribution in [2.75, 3.05) is 5.32 Å². The van der Waals surface area contributed by atoms with Crippen LogP contribution < -0.4 is 11.1 Å². The summed E-state index contributed by atoms with van der Waals surface area (Å²) < 4.78 is 0. The molecule has 0 radical (unpaired) electrons. The third-order valence-corrected chi connectivity index (χ3v) is 2.35. The van der Waals surface area contributed by atoms with Gasteiger partial charge in [-0.2, -0.15) is 0 Å². The third kappa shape index (κ3) is 2.55. The number of primary amides is 1. The molecule has 0 aliphatic carbocycles. The predicted molar refractivity (Wildman–Crippen MR) is 66.3 cm³/mol. The number of rotatable bonds is 3. The number of anilines is 2.